The van der Waals surface area contributed by atoms with Crippen LogP contribution in [0.4, 0.5) is 0 Å². The second-order valence-electron chi connectivity index (χ2n) is 3.97. The summed E-state index contributed by atoms with van der Waals surface area (Å²) in [5.41, 5.74) is 2.56. The largest absolute Gasteiger partial charge is 0.478 e. The molecule has 0 saturated carbocycles. The number of carboxylic acids is 1. The van der Waals surface area contributed by atoms with Crippen molar-refractivity contribution in [2.75, 3.05) is 0 Å². The summed E-state index contributed by atoms with van der Waals surface area (Å²) in [5.74, 6) is -0.226. The Kier molecular flexibility index (Phi) is 2.16. The van der Waals surface area contributed by atoms with Gasteiger partial charge in [-0.3, -0.25) is 5.10 Å². The van der Waals surface area contributed by atoms with Crippen LogP contribution >= 0.6 is 0 Å². The first-order valence-electron chi connectivity index (χ1n) is 5.36. The molecule has 2 heterocycles. The number of aromatic carboxylic acids is 1. The molecule has 0 spiro atoms. The molecule has 0 unspecified atom stereocenters. The first-order valence-corrected chi connectivity index (χ1v) is 5.36. The Labute approximate surface area is 102 Å². The standard InChI is InChI=1S/C12H10N4O2/c1-16-10-3-2-7(12(17)18)6-9(10)14-11(16)8-4-5-13-15-8/h2-6H,1H3,(H,13,15)(H,17,18). The molecule has 1 aromatic carbocycles. The third-order valence-corrected chi connectivity index (χ3v) is 2.87. The van der Waals surface area contributed by atoms with Crippen molar-refractivity contribution in [1.29, 1.82) is 0 Å². The molecule has 0 radical (unpaired) electrons. The molecular formula is C12H10N4O2. The van der Waals surface area contributed by atoms with Gasteiger partial charge in [-0.15, -0.1) is 0 Å². The van der Waals surface area contributed by atoms with E-state index < -0.39 is 5.97 Å². The van der Waals surface area contributed by atoms with Gasteiger partial charge in [-0.2, -0.15) is 5.10 Å². The zero-order valence-electron chi connectivity index (χ0n) is 9.58. The monoisotopic (exact) mass is 242 g/mol. The fraction of sp³-hybridized carbons (Fsp3) is 0.0833. The Morgan fingerprint density at radius 1 is 1.39 bits per heavy atom. The van der Waals surface area contributed by atoms with Crippen molar-refractivity contribution in [3.63, 3.8) is 0 Å². The number of benzene rings is 1. The van der Waals surface area contributed by atoms with Crippen molar-refractivity contribution in [3.8, 4) is 11.5 Å². The average Bonchev–Trinajstić information content (AvgIpc) is 2.97. The van der Waals surface area contributed by atoms with E-state index in [-0.39, 0.29) is 5.56 Å². The van der Waals surface area contributed by atoms with Gasteiger partial charge >= 0.3 is 5.97 Å². The molecule has 0 aliphatic heterocycles. The Balaban J connectivity index is 2.25. The normalized spacial score (nSPS) is 10.9. The van der Waals surface area contributed by atoms with E-state index in [9.17, 15) is 4.79 Å². The van der Waals surface area contributed by atoms with Crippen LogP contribution in [-0.4, -0.2) is 30.8 Å². The maximum atomic E-state index is 10.9. The highest BCUT2D eigenvalue weighted by Gasteiger charge is 2.12. The lowest BCUT2D eigenvalue weighted by Gasteiger charge is -1.99. The predicted molar refractivity (Wildman–Crippen MR) is 65.3 cm³/mol. The van der Waals surface area contributed by atoms with Gasteiger partial charge in [0.1, 0.15) is 5.69 Å². The first kappa shape index (κ1) is 10.5. The Bertz CT molecular complexity index is 728. The first-order chi connectivity index (χ1) is 8.66. The van der Waals surface area contributed by atoms with E-state index in [0.717, 1.165) is 17.0 Å². The van der Waals surface area contributed by atoms with Crippen molar-refractivity contribution in [2.45, 2.75) is 0 Å². The average molecular weight is 242 g/mol. The van der Waals surface area contributed by atoms with E-state index in [1.807, 2.05) is 17.7 Å². The fourth-order valence-corrected chi connectivity index (χ4v) is 1.95. The molecule has 90 valence electrons. The number of imidazole rings is 1. The molecule has 3 aromatic rings. The number of aryl methyl sites for hydroxylation is 1. The molecule has 0 aliphatic rings. The van der Waals surface area contributed by atoms with Crippen LogP contribution in [0.1, 0.15) is 10.4 Å². The highest BCUT2D eigenvalue weighted by Crippen LogP contribution is 2.22. The maximum absolute atomic E-state index is 10.9. The molecule has 0 amide bonds. The molecule has 3 rings (SSSR count). The quantitative estimate of drug-likeness (QED) is 0.715. The van der Waals surface area contributed by atoms with Gasteiger partial charge < -0.3 is 9.67 Å². The van der Waals surface area contributed by atoms with E-state index in [2.05, 4.69) is 15.2 Å². The molecule has 0 bridgehead atoms. The van der Waals surface area contributed by atoms with Crippen LogP contribution in [-0.2, 0) is 7.05 Å². The zero-order valence-corrected chi connectivity index (χ0v) is 9.58. The van der Waals surface area contributed by atoms with Gasteiger partial charge in [0.15, 0.2) is 5.82 Å². The molecule has 0 saturated heterocycles. The van der Waals surface area contributed by atoms with Gasteiger partial charge in [0, 0.05) is 13.2 Å². The minimum Gasteiger partial charge on any atom is -0.478 e. The van der Waals surface area contributed by atoms with Crippen molar-refractivity contribution in [2.24, 2.45) is 7.05 Å². The predicted octanol–water partition coefficient (Wildman–Crippen LogP) is 1.66. The second-order valence-corrected chi connectivity index (χ2v) is 3.97. The van der Waals surface area contributed by atoms with Gasteiger partial charge in [-0.1, -0.05) is 0 Å². The van der Waals surface area contributed by atoms with Gasteiger partial charge in [0.25, 0.3) is 0 Å². The van der Waals surface area contributed by atoms with Crippen LogP contribution in [0.2, 0.25) is 0 Å². The highest BCUT2D eigenvalue weighted by molar-refractivity contribution is 5.93. The summed E-state index contributed by atoms with van der Waals surface area (Å²) < 4.78 is 1.90. The van der Waals surface area contributed by atoms with Crippen molar-refractivity contribution < 1.29 is 9.90 Å². The Hall–Kier alpha value is -2.63. The van der Waals surface area contributed by atoms with E-state index >= 15 is 0 Å². The van der Waals surface area contributed by atoms with Crippen LogP contribution in [0.25, 0.3) is 22.6 Å². The molecule has 0 fully saturated rings. The molecule has 6 nitrogen and oxygen atoms in total. The van der Waals surface area contributed by atoms with E-state index in [1.165, 1.54) is 0 Å². The number of nitrogens with zero attached hydrogens (tertiary/aromatic N) is 3. The summed E-state index contributed by atoms with van der Waals surface area (Å²) in [6.45, 7) is 0. The van der Waals surface area contributed by atoms with Crippen molar-refractivity contribution in [1.82, 2.24) is 19.7 Å². The van der Waals surface area contributed by atoms with Gasteiger partial charge in [-0.05, 0) is 24.3 Å². The van der Waals surface area contributed by atoms with Gasteiger partial charge in [-0.25, -0.2) is 9.78 Å². The molecule has 0 aliphatic carbocycles. The topological polar surface area (TPSA) is 83.8 Å². The molecule has 2 aromatic heterocycles. The maximum Gasteiger partial charge on any atom is 0.335 e. The summed E-state index contributed by atoms with van der Waals surface area (Å²) in [5, 5.41) is 15.7. The second kappa shape index (κ2) is 3.69. The summed E-state index contributed by atoms with van der Waals surface area (Å²) in [6.07, 6.45) is 1.65. The van der Waals surface area contributed by atoms with E-state index in [1.54, 1.807) is 24.4 Å². The Morgan fingerprint density at radius 2 is 2.22 bits per heavy atom. The van der Waals surface area contributed by atoms with Gasteiger partial charge in [0.2, 0.25) is 0 Å². The van der Waals surface area contributed by atoms with E-state index in [0.29, 0.717) is 5.52 Å². The lowest BCUT2D eigenvalue weighted by atomic mass is 10.2. The number of hydrogen-bond acceptors (Lipinski definition) is 3. The number of H-pyrrole nitrogens is 1. The van der Waals surface area contributed by atoms with Crippen molar-refractivity contribution in [3.05, 3.63) is 36.0 Å². The molecular weight excluding hydrogens is 232 g/mol. The van der Waals surface area contributed by atoms with Crippen molar-refractivity contribution >= 4 is 17.0 Å². The summed E-state index contributed by atoms with van der Waals surface area (Å²) in [4.78, 5) is 15.3. The lowest BCUT2D eigenvalue weighted by Crippen LogP contribution is -1.95. The SMILES string of the molecule is Cn1c(-c2ccn[nH]2)nc2cc(C(=O)O)ccc21. The zero-order chi connectivity index (χ0) is 12.7. The molecule has 6 heteroatoms. The number of rotatable bonds is 2. The number of nitrogens with one attached hydrogen (secondary N) is 1. The number of aromatic nitrogens is 4. The minimum absolute atomic E-state index is 0.233. The van der Waals surface area contributed by atoms with Crippen LogP contribution in [0.3, 0.4) is 0 Å². The van der Waals surface area contributed by atoms with Gasteiger partial charge in [0.05, 0.1) is 16.6 Å². The third-order valence-electron chi connectivity index (χ3n) is 2.87. The number of carbonyl (C=O) groups is 1. The fourth-order valence-electron chi connectivity index (χ4n) is 1.95. The van der Waals surface area contributed by atoms with Crippen LogP contribution in [0, 0.1) is 0 Å². The third kappa shape index (κ3) is 1.46. The number of fused-ring (bicyclic) bond motifs is 1. The highest BCUT2D eigenvalue weighted by atomic mass is 16.4. The summed E-state index contributed by atoms with van der Waals surface area (Å²) in [7, 11) is 1.88. The molecule has 0 atom stereocenters. The van der Waals surface area contributed by atoms with E-state index in [4.69, 9.17) is 5.11 Å². The number of carboxylic acid groups (broad SMARTS) is 1. The van der Waals surface area contributed by atoms with Crippen LogP contribution in [0.5, 0.6) is 0 Å². The molecule has 18 heavy (non-hydrogen) atoms. The summed E-state index contributed by atoms with van der Waals surface area (Å²) >= 11 is 0. The van der Waals surface area contributed by atoms with Crippen LogP contribution < -0.4 is 0 Å². The lowest BCUT2D eigenvalue weighted by molar-refractivity contribution is 0.0697. The Morgan fingerprint density at radius 3 is 2.89 bits per heavy atom. The minimum atomic E-state index is -0.953. The summed E-state index contributed by atoms with van der Waals surface area (Å²) in [6, 6.07) is 6.71. The smallest absolute Gasteiger partial charge is 0.335 e. The number of hydrogen-bond donors (Lipinski definition) is 2. The molecule has 2 N–H and O–H groups in total. The van der Waals surface area contributed by atoms with Crippen LogP contribution in [0.15, 0.2) is 30.5 Å². The number of aromatic amines is 1.